The van der Waals surface area contributed by atoms with Gasteiger partial charge in [-0.05, 0) is 18.2 Å². The van der Waals surface area contributed by atoms with E-state index in [1.165, 1.54) is 18.2 Å². The monoisotopic (exact) mass is 335 g/mol. The molecule has 8 heteroatoms. The Balaban J connectivity index is 2.63. The number of aromatic nitrogens is 1. The average Bonchev–Trinajstić information content (AvgIpc) is 2.40. The molecule has 1 aromatic carbocycles. The molecule has 3 nitrogen and oxygen atoms in total. The molecule has 1 heterocycles. The summed E-state index contributed by atoms with van der Waals surface area (Å²) in [7, 11) is 0. The summed E-state index contributed by atoms with van der Waals surface area (Å²) in [6, 6.07) is 4.71. The van der Waals surface area contributed by atoms with Crippen LogP contribution < -0.4 is 0 Å². The van der Waals surface area contributed by atoms with Crippen molar-refractivity contribution in [3.05, 3.63) is 51.6 Å². The maximum absolute atomic E-state index is 12.6. The highest BCUT2D eigenvalue weighted by molar-refractivity contribution is 6.42. The lowest BCUT2D eigenvalue weighted by Gasteiger charge is -2.11. The van der Waals surface area contributed by atoms with Gasteiger partial charge >= 0.3 is 12.1 Å². The quantitative estimate of drug-likeness (QED) is 0.859. The number of hydrogen-bond acceptors (Lipinski definition) is 2. The summed E-state index contributed by atoms with van der Waals surface area (Å²) in [6.07, 6.45) is -4.10. The van der Waals surface area contributed by atoms with Gasteiger partial charge in [0.1, 0.15) is 0 Å². The summed E-state index contributed by atoms with van der Waals surface area (Å²) in [6.45, 7) is 0. The molecule has 2 aromatic rings. The van der Waals surface area contributed by atoms with E-state index in [0.29, 0.717) is 12.3 Å². The normalized spacial score (nSPS) is 11.5. The van der Waals surface area contributed by atoms with E-state index in [9.17, 15) is 18.0 Å². The molecule has 0 saturated heterocycles. The summed E-state index contributed by atoms with van der Waals surface area (Å²) >= 11 is 11.6. The zero-order chi connectivity index (χ0) is 15.8. The Kier molecular flexibility index (Phi) is 4.11. The maximum Gasteiger partial charge on any atom is 0.417 e. The topological polar surface area (TPSA) is 50.2 Å². The van der Waals surface area contributed by atoms with Crippen molar-refractivity contribution in [2.75, 3.05) is 0 Å². The molecule has 0 spiro atoms. The van der Waals surface area contributed by atoms with Crippen molar-refractivity contribution in [3.63, 3.8) is 0 Å². The molecule has 1 aromatic heterocycles. The third-order valence-corrected chi connectivity index (χ3v) is 3.38. The van der Waals surface area contributed by atoms with Crippen LogP contribution in [0.5, 0.6) is 0 Å². The molecule has 0 atom stereocenters. The molecule has 110 valence electrons. The van der Waals surface area contributed by atoms with Crippen molar-refractivity contribution in [2.45, 2.75) is 6.18 Å². The van der Waals surface area contributed by atoms with E-state index < -0.39 is 23.3 Å². The summed E-state index contributed by atoms with van der Waals surface area (Å²) in [5.74, 6) is -1.52. The van der Waals surface area contributed by atoms with Crippen LogP contribution in [0.15, 0.2) is 30.5 Å². The molecule has 0 radical (unpaired) electrons. The Hall–Kier alpha value is -1.79. The summed E-state index contributed by atoms with van der Waals surface area (Å²) in [5, 5.41) is 9.46. The second-order valence-corrected chi connectivity index (χ2v) is 4.87. The van der Waals surface area contributed by atoms with Gasteiger partial charge in [0.2, 0.25) is 0 Å². The van der Waals surface area contributed by atoms with Gasteiger partial charge in [0.05, 0.1) is 26.9 Å². The smallest absolute Gasteiger partial charge is 0.417 e. The van der Waals surface area contributed by atoms with E-state index in [4.69, 9.17) is 28.3 Å². The largest absolute Gasteiger partial charge is 0.478 e. The molecule has 0 aliphatic carbocycles. The SMILES string of the molecule is O=C(O)c1cc(C(F)(F)F)cnc1-c1ccc(Cl)c(Cl)c1. The van der Waals surface area contributed by atoms with E-state index in [0.717, 1.165) is 0 Å². The molecular formula is C13H6Cl2F3NO2. The number of aromatic carboxylic acids is 1. The Morgan fingerprint density at radius 3 is 2.33 bits per heavy atom. The van der Waals surface area contributed by atoms with E-state index in [2.05, 4.69) is 4.98 Å². The van der Waals surface area contributed by atoms with E-state index >= 15 is 0 Å². The Bertz CT molecular complexity index is 717. The van der Waals surface area contributed by atoms with Crippen LogP contribution in [0.1, 0.15) is 15.9 Å². The molecule has 0 aliphatic rings. The molecule has 0 bridgehead atoms. The van der Waals surface area contributed by atoms with E-state index in [-0.39, 0.29) is 21.3 Å². The van der Waals surface area contributed by atoms with E-state index in [1.807, 2.05) is 0 Å². The summed E-state index contributed by atoms with van der Waals surface area (Å²) in [4.78, 5) is 14.8. The lowest BCUT2D eigenvalue weighted by atomic mass is 10.0. The third-order valence-electron chi connectivity index (χ3n) is 2.64. The number of pyridine rings is 1. The highest BCUT2D eigenvalue weighted by atomic mass is 35.5. The number of halogens is 5. The van der Waals surface area contributed by atoms with Crippen LogP contribution in [0.25, 0.3) is 11.3 Å². The number of benzene rings is 1. The first-order chi connectivity index (χ1) is 9.70. The lowest BCUT2D eigenvalue weighted by Crippen LogP contribution is -2.10. The van der Waals surface area contributed by atoms with Crippen molar-refractivity contribution in [1.29, 1.82) is 0 Å². The molecule has 0 unspecified atom stereocenters. The first kappa shape index (κ1) is 15.6. The van der Waals surface area contributed by atoms with Crippen molar-refractivity contribution < 1.29 is 23.1 Å². The number of nitrogens with zero attached hydrogens (tertiary/aromatic N) is 1. The Labute approximate surface area is 126 Å². The standard InChI is InChI=1S/C13H6Cl2F3NO2/c14-9-2-1-6(3-10(9)15)11-8(12(20)21)4-7(5-19-11)13(16,17)18/h1-5H,(H,20,21). The van der Waals surface area contributed by atoms with Gasteiger partial charge in [0, 0.05) is 11.8 Å². The molecule has 1 N–H and O–H groups in total. The van der Waals surface area contributed by atoms with Crippen LogP contribution in [-0.2, 0) is 6.18 Å². The average molecular weight is 336 g/mol. The van der Waals surface area contributed by atoms with Crippen LogP contribution in [0.4, 0.5) is 13.2 Å². The van der Waals surface area contributed by atoms with Crippen LogP contribution in [-0.4, -0.2) is 16.1 Å². The van der Waals surface area contributed by atoms with Crippen molar-refractivity contribution in [3.8, 4) is 11.3 Å². The highest BCUT2D eigenvalue weighted by Crippen LogP contribution is 2.33. The first-order valence-electron chi connectivity index (χ1n) is 5.46. The zero-order valence-electron chi connectivity index (χ0n) is 10.1. The minimum atomic E-state index is -4.67. The van der Waals surface area contributed by atoms with Gasteiger partial charge in [0.25, 0.3) is 0 Å². The number of carboxylic acids is 1. The predicted octanol–water partition coefficient (Wildman–Crippen LogP) is 4.77. The number of carboxylic acid groups (broad SMARTS) is 1. The van der Waals surface area contributed by atoms with Crippen LogP contribution >= 0.6 is 23.2 Å². The van der Waals surface area contributed by atoms with E-state index in [1.54, 1.807) is 0 Å². The number of hydrogen-bond donors (Lipinski definition) is 1. The van der Waals surface area contributed by atoms with Gasteiger partial charge < -0.3 is 5.11 Å². The van der Waals surface area contributed by atoms with Gasteiger partial charge in [0.15, 0.2) is 0 Å². The van der Waals surface area contributed by atoms with Crippen molar-refractivity contribution >= 4 is 29.2 Å². The van der Waals surface area contributed by atoms with Crippen molar-refractivity contribution in [1.82, 2.24) is 4.98 Å². The minimum absolute atomic E-state index is 0.117. The second-order valence-electron chi connectivity index (χ2n) is 4.05. The fraction of sp³-hybridized carbons (Fsp3) is 0.0769. The van der Waals surface area contributed by atoms with Gasteiger partial charge in [-0.15, -0.1) is 0 Å². The molecule has 0 aliphatic heterocycles. The molecular weight excluding hydrogens is 330 g/mol. The fourth-order valence-electron chi connectivity index (χ4n) is 1.66. The molecule has 0 fully saturated rings. The number of rotatable bonds is 2. The summed E-state index contributed by atoms with van der Waals surface area (Å²) in [5.41, 5.74) is -1.56. The number of alkyl halides is 3. The van der Waals surface area contributed by atoms with Gasteiger partial charge in [-0.3, -0.25) is 4.98 Å². The van der Waals surface area contributed by atoms with Gasteiger partial charge in [-0.1, -0.05) is 29.3 Å². The minimum Gasteiger partial charge on any atom is -0.478 e. The third kappa shape index (κ3) is 3.28. The molecule has 2 rings (SSSR count). The van der Waals surface area contributed by atoms with Gasteiger partial charge in [-0.2, -0.15) is 13.2 Å². The summed E-state index contributed by atoms with van der Waals surface area (Å²) < 4.78 is 37.8. The molecule has 21 heavy (non-hydrogen) atoms. The van der Waals surface area contributed by atoms with Crippen LogP contribution in [0.2, 0.25) is 10.0 Å². The molecule has 0 amide bonds. The number of carbonyl (C=O) groups is 1. The Morgan fingerprint density at radius 2 is 1.81 bits per heavy atom. The lowest BCUT2D eigenvalue weighted by molar-refractivity contribution is -0.137. The van der Waals surface area contributed by atoms with Crippen LogP contribution in [0.3, 0.4) is 0 Å². The van der Waals surface area contributed by atoms with Crippen LogP contribution in [0, 0.1) is 0 Å². The molecule has 0 saturated carbocycles. The highest BCUT2D eigenvalue weighted by Gasteiger charge is 2.32. The van der Waals surface area contributed by atoms with Crippen molar-refractivity contribution in [2.24, 2.45) is 0 Å². The predicted molar refractivity (Wildman–Crippen MR) is 71.7 cm³/mol. The first-order valence-corrected chi connectivity index (χ1v) is 6.21. The second kappa shape index (κ2) is 5.54. The fourth-order valence-corrected chi connectivity index (χ4v) is 1.95. The van der Waals surface area contributed by atoms with Gasteiger partial charge in [-0.25, -0.2) is 4.79 Å². The zero-order valence-corrected chi connectivity index (χ0v) is 11.6. The maximum atomic E-state index is 12.6. The Morgan fingerprint density at radius 1 is 1.14 bits per heavy atom.